The van der Waals surface area contributed by atoms with Gasteiger partial charge in [-0.1, -0.05) is 17.7 Å². The molecule has 0 aliphatic carbocycles. The lowest BCUT2D eigenvalue weighted by molar-refractivity contribution is -0.0463. The first kappa shape index (κ1) is 19.3. The lowest BCUT2D eigenvalue weighted by Crippen LogP contribution is -2.30. The minimum Gasteiger partial charge on any atom is -0.246 e. The lowest BCUT2D eigenvalue weighted by Gasteiger charge is -2.27. The Morgan fingerprint density at radius 2 is 1.86 bits per heavy atom. The number of halogens is 5. The van der Waals surface area contributed by atoms with E-state index < -0.39 is 41.3 Å². The smallest absolute Gasteiger partial charge is 0.246 e. The maximum Gasteiger partial charge on any atom is 0.298 e. The van der Waals surface area contributed by atoms with Crippen LogP contribution in [-0.4, -0.2) is 25.2 Å². The van der Waals surface area contributed by atoms with Gasteiger partial charge >= 0.3 is 0 Å². The van der Waals surface area contributed by atoms with Gasteiger partial charge in [0.2, 0.25) is 0 Å². The van der Waals surface area contributed by atoms with Gasteiger partial charge in [0, 0.05) is 16.0 Å². The van der Waals surface area contributed by atoms with E-state index in [1.807, 2.05) is 0 Å². The fraction of sp³-hybridized carbons (Fsp3) is 0.158. The zero-order valence-corrected chi connectivity index (χ0v) is 15.4. The predicted molar refractivity (Wildman–Crippen MR) is 97.6 cm³/mol. The number of aromatic nitrogens is 5. The second kappa shape index (κ2) is 7.40. The van der Waals surface area contributed by atoms with Gasteiger partial charge in [-0.2, -0.15) is 13.6 Å². The van der Waals surface area contributed by atoms with Gasteiger partial charge in [-0.15, -0.1) is 10.2 Å². The summed E-state index contributed by atoms with van der Waals surface area (Å²) in [6.45, 7) is -0.534. The molecular formula is C19H12ClF4N5. The molecule has 0 N–H and O–H groups in total. The summed E-state index contributed by atoms with van der Waals surface area (Å²) in [6, 6.07) is 9.62. The van der Waals surface area contributed by atoms with Crippen LogP contribution in [0.15, 0.2) is 54.9 Å². The fourth-order valence-electron chi connectivity index (χ4n) is 3.09. The number of nitrogens with zero attached hydrogens (tertiary/aromatic N) is 5. The maximum atomic E-state index is 15.5. The molecule has 0 saturated carbocycles. The van der Waals surface area contributed by atoms with Gasteiger partial charge in [0.25, 0.3) is 5.92 Å². The summed E-state index contributed by atoms with van der Waals surface area (Å²) in [5.41, 5.74) is -0.810. The highest BCUT2D eigenvalue weighted by atomic mass is 35.5. The Kier molecular flexibility index (Phi) is 4.91. The van der Waals surface area contributed by atoms with E-state index in [0.717, 1.165) is 35.4 Å². The molecule has 2 heterocycles. The zero-order chi connectivity index (χ0) is 20.6. The molecular weight excluding hydrogens is 410 g/mol. The molecule has 29 heavy (non-hydrogen) atoms. The Bertz CT molecular complexity index is 1170. The van der Waals surface area contributed by atoms with E-state index in [9.17, 15) is 8.78 Å². The van der Waals surface area contributed by atoms with Gasteiger partial charge < -0.3 is 0 Å². The molecule has 1 atom stereocenters. The number of alkyl halides is 2. The van der Waals surface area contributed by atoms with Crippen molar-refractivity contribution in [3.63, 3.8) is 0 Å². The van der Waals surface area contributed by atoms with Gasteiger partial charge in [0.1, 0.15) is 17.3 Å². The van der Waals surface area contributed by atoms with Crippen molar-refractivity contribution >= 4 is 22.5 Å². The molecule has 4 aromatic rings. The number of rotatable bonds is 5. The molecule has 0 aliphatic heterocycles. The first-order chi connectivity index (χ1) is 13.8. The van der Waals surface area contributed by atoms with Gasteiger partial charge in [-0.25, -0.2) is 13.8 Å². The largest absolute Gasteiger partial charge is 0.298 e. The minimum atomic E-state index is -3.67. The fourth-order valence-corrected chi connectivity index (χ4v) is 3.27. The number of pyridine rings is 1. The second-order valence-corrected chi connectivity index (χ2v) is 6.80. The Morgan fingerprint density at radius 3 is 2.62 bits per heavy atom. The molecule has 0 radical (unpaired) electrons. The first-order valence-corrected chi connectivity index (χ1v) is 8.83. The molecule has 0 saturated heterocycles. The van der Waals surface area contributed by atoms with Gasteiger partial charge in [-0.05, 0) is 47.7 Å². The number of tetrazole rings is 1. The summed E-state index contributed by atoms with van der Waals surface area (Å²) in [7, 11) is 0. The Labute approximate surface area is 166 Å². The average molecular weight is 422 g/mol. The molecule has 148 valence electrons. The Balaban J connectivity index is 1.83. The summed E-state index contributed by atoms with van der Waals surface area (Å²) in [6.07, 6.45) is 1.06. The number of benzene rings is 2. The summed E-state index contributed by atoms with van der Waals surface area (Å²) >= 11 is 5.91. The van der Waals surface area contributed by atoms with Gasteiger partial charge in [0.15, 0.2) is 6.33 Å². The molecule has 10 heteroatoms. The minimum absolute atomic E-state index is 0.295. The van der Waals surface area contributed by atoms with Crippen LogP contribution in [0.25, 0.3) is 10.9 Å². The van der Waals surface area contributed by atoms with Crippen LogP contribution in [-0.2, 0) is 12.5 Å². The third kappa shape index (κ3) is 3.77. The number of fused-ring (bicyclic) bond motifs is 1. The van der Waals surface area contributed by atoms with Crippen molar-refractivity contribution in [1.29, 1.82) is 0 Å². The molecule has 0 aliphatic rings. The van der Waals surface area contributed by atoms with Crippen LogP contribution < -0.4 is 0 Å². The SMILES string of the molecule is Fc1ccc(F)c(C(Cn2ncnn2)C(F)(F)c2ccc3cc(Cl)ccc3n2)c1. The third-order valence-corrected chi connectivity index (χ3v) is 4.74. The van der Waals surface area contributed by atoms with Crippen LogP contribution in [0.5, 0.6) is 0 Å². The molecule has 2 aromatic carbocycles. The van der Waals surface area contributed by atoms with E-state index in [1.165, 1.54) is 18.2 Å². The second-order valence-electron chi connectivity index (χ2n) is 6.37. The van der Waals surface area contributed by atoms with Gasteiger partial charge in [0.05, 0.1) is 18.0 Å². The van der Waals surface area contributed by atoms with E-state index in [-0.39, 0.29) is 0 Å². The summed E-state index contributed by atoms with van der Waals surface area (Å²) < 4.78 is 59.2. The molecule has 0 amide bonds. The topological polar surface area (TPSA) is 56.5 Å². The molecule has 5 nitrogen and oxygen atoms in total. The Hall–Kier alpha value is -3.07. The van der Waals surface area contributed by atoms with Crippen LogP contribution in [0.1, 0.15) is 17.2 Å². The maximum absolute atomic E-state index is 15.5. The van der Waals surface area contributed by atoms with E-state index in [4.69, 9.17) is 11.6 Å². The van der Waals surface area contributed by atoms with Crippen molar-refractivity contribution in [2.45, 2.75) is 18.4 Å². The molecule has 0 bridgehead atoms. The highest BCUT2D eigenvalue weighted by Gasteiger charge is 2.45. The van der Waals surface area contributed by atoms with Crippen LogP contribution in [0, 0.1) is 11.6 Å². The lowest BCUT2D eigenvalue weighted by atomic mass is 9.89. The number of hydrogen-bond acceptors (Lipinski definition) is 4. The highest BCUT2D eigenvalue weighted by Crippen LogP contribution is 2.43. The monoisotopic (exact) mass is 421 g/mol. The van der Waals surface area contributed by atoms with E-state index >= 15 is 8.78 Å². The predicted octanol–water partition coefficient (Wildman–Crippen LogP) is 4.73. The summed E-state index contributed by atoms with van der Waals surface area (Å²) in [4.78, 5) is 4.92. The third-order valence-electron chi connectivity index (χ3n) is 4.50. The number of hydrogen-bond donors (Lipinski definition) is 0. The summed E-state index contributed by atoms with van der Waals surface area (Å²) in [5.74, 6) is -7.31. The molecule has 0 spiro atoms. The molecule has 1 unspecified atom stereocenters. The van der Waals surface area contributed by atoms with Crippen LogP contribution in [0.4, 0.5) is 17.6 Å². The van der Waals surface area contributed by atoms with Crippen molar-refractivity contribution in [1.82, 2.24) is 25.2 Å². The van der Waals surface area contributed by atoms with Crippen molar-refractivity contribution in [3.05, 3.63) is 82.8 Å². The first-order valence-electron chi connectivity index (χ1n) is 8.45. The molecule has 0 fully saturated rings. The highest BCUT2D eigenvalue weighted by molar-refractivity contribution is 6.31. The molecule has 4 rings (SSSR count). The standard InChI is InChI=1S/C19H12ClF4N5/c20-12-2-5-17-11(7-12)1-6-18(27-17)19(23,24)15(9-29-26-10-25-28-29)14-8-13(21)3-4-16(14)22/h1-8,10,15H,9H2. The van der Waals surface area contributed by atoms with E-state index in [0.29, 0.717) is 15.9 Å². The zero-order valence-electron chi connectivity index (χ0n) is 14.6. The van der Waals surface area contributed by atoms with Crippen molar-refractivity contribution < 1.29 is 17.6 Å². The van der Waals surface area contributed by atoms with E-state index in [2.05, 4.69) is 20.4 Å². The quantitative estimate of drug-likeness (QED) is 0.437. The van der Waals surface area contributed by atoms with Crippen molar-refractivity contribution in [2.75, 3.05) is 0 Å². The van der Waals surface area contributed by atoms with Gasteiger partial charge in [-0.3, -0.25) is 0 Å². The van der Waals surface area contributed by atoms with Crippen LogP contribution in [0.3, 0.4) is 0 Å². The van der Waals surface area contributed by atoms with Crippen LogP contribution >= 0.6 is 11.6 Å². The molecule has 2 aromatic heterocycles. The van der Waals surface area contributed by atoms with Crippen molar-refractivity contribution in [2.24, 2.45) is 0 Å². The normalized spacial score (nSPS) is 13.0. The van der Waals surface area contributed by atoms with Crippen molar-refractivity contribution in [3.8, 4) is 0 Å². The van der Waals surface area contributed by atoms with Crippen LogP contribution in [0.2, 0.25) is 5.02 Å². The Morgan fingerprint density at radius 1 is 1.03 bits per heavy atom. The van der Waals surface area contributed by atoms with E-state index in [1.54, 1.807) is 6.07 Å². The average Bonchev–Trinajstić information content (AvgIpc) is 3.21. The summed E-state index contributed by atoms with van der Waals surface area (Å²) in [5, 5.41) is 11.8.